The van der Waals surface area contributed by atoms with Crippen molar-refractivity contribution in [3.05, 3.63) is 46.1 Å². The molecule has 0 saturated carbocycles. The van der Waals surface area contributed by atoms with E-state index in [9.17, 15) is 4.79 Å². The summed E-state index contributed by atoms with van der Waals surface area (Å²) in [7, 11) is 0. The average Bonchev–Trinajstić information content (AvgIpc) is 2.34. The molecule has 0 radical (unpaired) electrons. The Morgan fingerprint density at radius 1 is 1.17 bits per heavy atom. The van der Waals surface area contributed by atoms with E-state index in [-0.39, 0.29) is 10.7 Å². The molecule has 2 rings (SSSR count). The molecule has 0 amide bonds. The van der Waals surface area contributed by atoms with Crippen LogP contribution in [0.15, 0.2) is 30.3 Å². The summed E-state index contributed by atoms with van der Waals surface area (Å²) in [5, 5.41) is 19.6. The van der Waals surface area contributed by atoms with Gasteiger partial charge < -0.3 is 10.4 Å². The van der Waals surface area contributed by atoms with Gasteiger partial charge in [0.1, 0.15) is 5.56 Å². The number of halogens is 2. The fourth-order valence-corrected chi connectivity index (χ4v) is 1.57. The molecule has 0 unspecified atom stereocenters. The number of carbonyl (C=O) groups is 1. The standard InChI is InChI=1S/C11H7Cl2N3O2/c12-6-1-3-7(4-2-6)14-9-5-8(11(17)18)10(13)16-15-9/h1-5H,(H,14,15)(H,17,18). The Balaban J connectivity index is 2.27. The molecule has 0 spiro atoms. The third-order valence-electron chi connectivity index (χ3n) is 2.10. The van der Waals surface area contributed by atoms with E-state index in [2.05, 4.69) is 15.5 Å². The van der Waals surface area contributed by atoms with Crippen LogP contribution >= 0.6 is 23.2 Å². The highest BCUT2D eigenvalue weighted by atomic mass is 35.5. The molecule has 0 aliphatic heterocycles. The van der Waals surface area contributed by atoms with Crippen molar-refractivity contribution in [3.8, 4) is 0 Å². The number of carboxylic acids is 1. The average molecular weight is 284 g/mol. The van der Waals surface area contributed by atoms with E-state index in [4.69, 9.17) is 28.3 Å². The minimum atomic E-state index is -1.16. The van der Waals surface area contributed by atoms with E-state index < -0.39 is 5.97 Å². The summed E-state index contributed by atoms with van der Waals surface area (Å²) in [6, 6.07) is 8.18. The van der Waals surface area contributed by atoms with Crippen LogP contribution in [0.3, 0.4) is 0 Å². The molecule has 2 N–H and O–H groups in total. The number of carboxylic acid groups (broad SMARTS) is 1. The van der Waals surface area contributed by atoms with E-state index in [1.54, 1.807) is 24.3 Å². The van der Waals surface area contributed by atoms with Gasteiger partial charge in [-0.3, -0.25) is 0 Å². The van der Waals surface area contributed by atoms with E-state index in [1.165, 1.54) is 6.07 Å². The minimum Gasteiger partial charge on any atom is -0.478 e. The number of anilines is 2. The highest BCUT2D eigenvalue weighted by Gasteiger charge is 2.12. The van der Waals surface area contributed by atoms with Crippen LogP contribution in [0.1, 0.15) is 10.4 Å². The molecule has 7 heteroatoms. The molecular formula is C11H7Cl2N3O2. The van der Waals surface area contributed by atoms with Crippen molar-refractivity contribution < 1.29 is 9.90 Å². The van der Waals surface area contributed by atoms with E-state index in [0.717, 1.165) is 0 Å². The maximum absolute atomic E-state index is 10.9. The van der Waals surface area contributed by atoms with Crippen LogP contribution in [-0.4, -0.2) is 21.3 Å². The SMILES string of the molecule is O=C(O)c1cc(Nc2ccc(Cl)cc2)nnc1Cl. The lowest BCUT2D eigenvalue weighted by Gasteiger charge is -2.06. The summed E-state index contributed by atoms with van der Waals surface area (Å²) >= 11 is 11.4. The Labute approximate surface area is 112 Å². The quantitative estimate of drug-likeness (QED) is 0.905. The lowest BCUT2D eigenvalue weighted by atomic mass is 10.3. The topological polar surface area (TPSA) is 75.1 Å². The Morgan fingerprint density at radius 3 is 2.44 bits per heavy atom. The summed E-state index contributed by atoms with van der Waals surface area (Å²) in [6.45, 7) is 0. The molecule has 1 aromatic heterocycles. The monoisotopic (exact) mass is 283 g/mol. The first kappa shape index (κ1) is 12.6. The number of benzene rings is 1. The lowest BCUT2D eigenvalue weighted by molar-refractivity contribution is 0.0696. The maximum Gasteiger partial charge on any atom is 0.339 e. The van der Waals surface area contributed by atoms with Crippen molar-refractivity contribution in [2.24, 2.45) is 0 Å². The zero-order valence-electron chi connectivity index (χ0n) is 8.89. The van der Waals surface area contributed by atoms with Crippen molar-refractivity contribution in [3.63, 3.8) is 0 Å². The van der Waals surface area contributed by atoms with E-state index in [1.807, 2.05) is 0 Å². The largest absolute Gasteiger partial charge is 0.478 e. The predicted octanol–water partition coefficient (Wildman–Crippen LogP) is 3.23. The number of nitrogens with zero attached hydrogens (tertiary/aromatic N) is 2. The van der Waals surface area contributed by atoms with Gasteiger partial charge in [-0.15, -0.1) is 10.2 Å². The second-order valence-electron chi connectivity index (χ2n) is 3.37. The number of hydrogen-bond donors (Lipinski definition) is 2. The number of aromatic nitrogens is 2. The van der Waals surface area contributed by atoms with Gasteiger partial charge >= 0.3 is 5.97 Å². The van der Waals surface area contributed by atoms with Gasteiger partial charge in [0.25, 0.3) is 0 Å². The third kappa shape index (κ3) is 2.88. The molecule has 92 valence electrons. The Kier molecular flexibility index (Phi) is 3.64. The Morgan fingerprint density at radius 2 is 1.83 bits per heavy atom. The molecule has 5 nitrogen and oxygen atoms in total. The summed E-state index contributed by atoms with van der Waals surface area (Å²) in [5.74, 6) is -0.867. The first-order valence-electron chi connectivity index (χ1n) is 4.85. The van der Waals surface area contributed by atoms with Gasteiger partial charge in [0.05, 0.1) is 0 Å². The fourth-order valence-electron chi connectivity index (χ4n) is 1.27. The van der Waals surface area contributed by atoms with Gasteiger partial charge in [-0.1, -0.05) is 23.2 Å². The number of nitrogens with one attached hydrogen (secondary N) is 1. The fraction of sp³-hybridized carbons (Fsp3) is 0. The summed E-state index contributed by atoms with van der Waals surface area (Å²) in [6.07, 6.45) is 0. The van der Waals surface area contributed by atoms with Crippen LogP contribution in [0, 0.1) is 0 Å². The molecule has 18 heavy (non-hydrogen) atoms. The summed E-state index contributed by atoms with van der Waals surface area (Å²) < 4.78 is 0. The van der Waals surface area contributed by atoms with Crippen molar-refractivity contribution >= 4 is 40.7 Å². The van der Waals surface area contributed by atoms with Gasteiger partial charge in [0.15, 0.2) is 11.0 Å². The van der Waals surface area contributed by atoms with E-state index >= 15 is 0 Å². The highest BCUT2D eigenvalue weighted by Crippen LogP contribution is 2.20. The molecule has 0 aliphatic carbocycles. The van der Waals surface area contributed by atoms with Crippen LogP contribution in [-0.2, 0) is 0 Å². The third-order valence-corrected chi connectivity index (χ3v) is 2.63. The van der Waals surface area contributed by atoms with Crippen LogP contribution in [0.2, 0.25) is 10.2 Å². The molecular weight excluding hydrogens is 277 g/mol. The van der Waals surface area contributed by atoms with Gasteiger partial charge in [-0.05, 0) is 24.3 Å². The maximum atomic E-state index is 10.9. The van der Waals surface area contributed by atoms with Gasteiger partial charge in [0, 0.05) is 16.8 Å². The second kappa shape index (κ2) is 5.20. The number of hydrogen-bond acceptors (Lipinski definition) is 4. The second-order valence-corrected chi connectivity index (χ2v) is 4.17. The normalized spacial score (nSPS) is 10.1. The minimum absolute atomic E-state index is 0.108. The Bertz CT molecular complexity index is 587. The van der Waals surface area contributed by atoms with Crippen LogP contribution in [0.4, 0.5) is 11.5 Å². The molecule has 2 aromatic rings. The van der Waals surface area contributed by atoms with Gasteiger partial charge in [0.2, 0.25) is 0 Å². The highest BCUT2D eigenvalue weighted by molar-refractivity contribution is 6.32. The molecule has 1 heterocycles. The molecule has 1 aromatic carbocycles. The zero-order valence-corrected chi connectivity index (χ0v) is 10.4. The summed E-state index contributed by atoms with van der Waals surface area (Å²) in [5.41, 5.74) is 0.607. The Hall–Kier alpha value is -1.85. The first-order chi connectivity index (χ1) is 8.56. The lowest BCUT2D eigenvalue weighted by Crippen LogP contribution is -2.03. The molecule has 0 bridgehead atoms. The van der Waals surface area contributed by atoms with Crippen molar-refractivity contribution in [2.75, 3.05) is 5.32 Å². The van der Waals surface area contributed by atoms with Crippen molar-refractivity contribution in [2.45, 2.75) is 0 Å². The van der Waals surface area contributed by atoms with Crippen molar-refractivity contribution in [1.29, 1.82) is 0 Å². The zero-order chi connectivity index (χ0) is 13.1. The predicted molar refractivity (Wildman–Crippen MR) is 68.7 cm³/mol. The van der Waals surface area contributed by atoms with Crippen LogP contribution < -0.4 is 5.32 Å². The molecule has 0 fully saturated rings. The molecule has 0 aliphatic rings. The summed E-state index contributed by atoms with van der Waals surface area (Å²) in [4.78, 5) is 10.9. The molecule has 0 atom stereocenters. The number of aromatic carboxylic acids is 1. The van der Waals surface area contributed by atoms with Crippen LogP contribution in [0.5, 0.6) is 0 Å². The van der Waals surface area contributed by atoms with Crippen molar-refractivity contribution in [1.82, 2.24) is 10.2 Å². The van der Waals surface area contributed by atoms with E-state index in [0.29, 0.717) is 16.5 Å². The first-order valence-corrected chi connectivity index (χ1v) is 5.61. The van der Waals surface area contributed by atoms with Crippen LogP contribution in [0.25, 0.3) is 0 Å². The number of rotatable bonds is 3. The van der Waals surface area contributed by atoms with Gasteiger partial charge in [-0.2, -0.15) is 0 Å². The van der Waals surface area contributed by atoms with Gasteiger partial charge in [-0.25, -0.2) is 4.79 Å². The molecule has 0 saturated heterocycles. The smallest absolute Gasteiger partial charge is 0.339 e.